The summed E-state index contributed by atoms with van der Waals surface area (Å²) in [6.45, 7) is 0.755. The standard InChI is InChI=1S/C20H20F4N4O2/c21-15-3-1-2-4-17(15)26-7-9-27(10-8-26)18(29)12-28-19(30)14(20(22,23)24)11-16(25-28)13-5-6-13/h1-4,11,13H,5-10,12H2. The number of rotatable bonds is 4. The Kier molecular flexibility index (Phi) is 5.25. The molecule has 0 bridgehead atoms. The second-order valence-corrected chi connectivity index (χ2v) is 7.54. The van der Waals surface area contributed by atoms with Gasteiger partial charge in [-0.25, -0.2) is 9.07 Å². The van der Waals surface area contributed by atoms with Crippen LogP contribution >= 0.6 is 0 Å². The summed E-state index contributed by atoms with van der Waals surface area (Å²) < 4.78 is 54.3. The second kappa shape index (κ2) is 7.73. The first-order valence-corrected chi connectivity index (χ1v) is 9.70. The van der Waals surface area contributed by atoms with Crippen molar-refractivity contribution in [3.63, 3.8) is 0 Å². The Morgan fingerprint density at radius 2 is 1.77 bits per heavy atom. The number of para-hydroxylation sites is 1. The summed E-state index contributed by atoms with van der Waals surface area (Å²) in [6, 6.07) is 7.12. The molecule has 1 aliphatic carbocycles. The fourth-order valence-corrected chi connectivity index (χ4v) is 3.58. The fourth-order valence-electron chi connectivity index (χ4n) is 3.58. The molecule has 0 unspecified atom stereocenters. The molecule has 1 saturated heterocycles. The van der Waals surface area contributed by atoms with Gasteiger partial charge in [-0.15, -0.1) is 0 Å². The van der Waals surface area contributed by atoms with Crippen LogP contribution < -0.4 is 10.5 Å². The van der Waals surface area contributed by atoms with Crippen LogP contribution in [0.4, 0.5) is 23.2 Å². The van der Waals surface area contributed by atoms with Gasteiger partial charge in [0.2, 0.25) is 5.91 Å². The van der Waals surface area contributed by atoms with Gasteiger partial charge in [0.05, 0.1) is 11.4 Å². The number of nitrogens with zero attached hydrogens (tertiary/aromatic N) is 4. The second-order valence-electron chi connectivity index (χ2n) is 7.54. The first-order chi connectivity index (χ1) is 14.2. The molecule has 2 fully saturated rings. The summed E-state index contributed by atoms with van der Waals surface area (Å²) in [4.78, 5) is 28.2. The van der Waals surface area contributed by atoms with E-state index in [4.69, 9.17) is 0 Å². The Hall–Kier alpha value is -2.91. The minimum absolute atomic E-state index is 0.0997. The molecule has 1 aliphatic heterocycles. The van der Waals surface area contributed by atoms with E-state index in [0.29, 0.717) is 36.3 Å². The highest BCUT2D eigenvalue weighted by molar-refractivity contribution is 5.76. The van der Waals surface area contributed by atoms with E-state index in [1.807, 2.05) is 0 Å². The number of piperazine rings is 1. The van der Waals surface area contributed by atoms with Gasteiger partial charge in [-0.1, -0.05) is 12.1 Å². The van der Waals surface area contributed by atoms with Crippen LogP contribution in [0.3, 0.4) is 0 Å². The lowest BCUT2D eigenvalue weighted by atomic mass is 10.2. The Balaban J connectivity index is 1.48. The molecule has 0 atom stereocenters. The van der Waals surface area contributed by atoms with E-state index in [-0.39, 0.29) is 30.5 Å². The number of amides is 1. The van der Waals surface area contributed by atoms with Crippen molar-refractivity contribution in [1.82, 2.24) is 14.7 Å². The number of aromatic nitrogens is 2. The molecule has 0 radical (unpaired) electrons. The molecule has 0 N–H and O–H groups in total. The van der Waals surface area contributed by atoms with E-state index >= 15 is 0 Å². The monoisotopic (exact) mass is 424 g/mol. The molecule has 6 nitrogen and oxygen atoms in total. The highest BCUT2D eigenvalue weighted by Crippen LogP contribution is 2.40. The van der Waals surface area contributed by atoms with E-state index in [1.54, 1.807) is 23.1 Å². The normalized spacial score (nSPS) is 17.3. The highest BCUT2D eigenvalue weighted by Gasteiger charge is 2.38. The van der Waals surface area contributed by atoms with E-state index in [1.165, 1.54) is 11.0 Å². The number of benzene rings is 1. The molecule has 2 aromatic rings. The SMILES string of the molecule is O=C(Cn1nc(C2CC2)cc(C(F)(F)F)c1=O)N1CCN(c2ccccc2F)CC1. The Labute approximate surface area is 169 Å². The first kappa shape index (κ1) is 20.4. The van der Waals surface area contributed by atoms with E-state index in [0.717, 1.165) is 6.07 Å². The van der Waals surface area contributed by atoms with Gasteiger partial charge in [-0.3, -0.25) is 9.59 Å². The van der Waals surface area contributed by atoms with Gasteiger partial charge in [0, 0.05) is 32.1 Å². The maximum atomic E-state index is 13.9. The summed E-state index contributed by atoms with van der Waals surface area (Å²) in [5, 5.41) is 4.01. The van der Waals surface area contributed by atoms with Crippen LogP contribution in [0, 0.1) is 5.82 Å². The molecular formula is C20H20F4N4O2. The first-order valence-electron chi connectivity index (χ1n) is 9.70. The average molecular weight is 424 g/mol. The number of hydrogen-bond acceptors (Lipinski definition) is 4. The molecule has 4 rings (SSSR count). The lowest BCUT2D eigenvalue weighted by Crippen LogP contribution is -2.50. The zero-order valence-corrected chi connectivity index (χ0v) is 16.0. The topological polar surface area (TPSA) is 58.4 Å². The van der Waals surface area contributed by atoms with Gasteiger partial charge in [0.1, 0.15) is 17.9 Å². The predicted molar refractivity (Wildman–Crippen MR) is 101 cm³/mol. The smallest absolute Gasteiger partial charge is 0.366 e. The Morgan fingerprint density at radius 3 is 2.37 bits per heavy atom. The number of halogens is 4. The minimum Gasteiger partial charge on any atom is -0.366 e. The molecule has 1 amide bonds. The van der Waals surface area contributed by atoms with Crippen molar-refractivity contribution in [3.05, 3.63) is 57.8 Å². The van der Waals surface area contributed by atoms with E-state index in [9.17, 15) is 27.2 Å². The average Bonchev–Trinajstić information content (AvgIpc) is 3.54. The summed E-state index contributed by atoms with van der Waals surface area (Å²) in [5.41, 5.74) is -1.98. The molecule has 10 heteroatoms. The quantitative estimate of drug-likeness (QED) is 0.709. The zero-order chi connectivity index (χ0) is 21.5. The van der Waals surface area contributed by atoms with Crippen molar-refractivity contribution in [2.45, 2.75) is 31.5 Å². The van der Waals surface area contributed by atoms with Crippen LogP contribution in [-0.2, 0) is 17.5 Å². The largest absolute Gasteiger partial charge is 0.421 e. The molecule has 2 heterocycles. The van der Waals surface area contributed by atoms with Crippen LogP contribution in [0.25, 0.3) is 0 Å². The third-order valence-corrected chi connectivity index (χ3v) is 5.40. The van der Waals surface area contributed by atoms with Gasteiger partial charge in [0.25, 0.3) is 5.56 Å². The third kappa shape index (κ3) is 4.17. The van der Waals surface area contributed by atoms with Crippen molar-refractivity contribution in [3.8, 4) is 0 Å². The van der Waals surface area contributed by atoms with Gasteiger partial charge in [-0.2, -0.15) is 18.3 Å². The number of alkyl halides is 3. The van der Waals surface area contributed by atoms with Crippen molar-refractivity contribution in [1.29, 1.82) is 0 Å². The van der Waals surface area contributed by atoms with Crippen LogP contribution in [0.1, 0.15) is 30.0 Å². The summed E-state index contributed by atoms with van der Waals surface area (Å²) in [5.74, 6) is -0.944. The minimum atomic E-state index is -4.81. The van der Waals surface area contributed by atoms with Gasteiger partial charge < -0.3 is 9.80 Å². The Bertz CT molecular complexity index is 1010. The molecule has 1 saturated carbocycles. The zero-order valence-electron chi connectivity index (χ0n) is 16.0. The molecule has 160 valence electrons. The molecule has 1 aromatic heterocycles. The lowest BCUT2D eigenvalue weighted by molar-refractivity contribution is -0.140. The number of anilines is 1. The molecule has 30 heavy (non-hydrogen) atoms. The molecule has 2 aliphatic rings. The summed E-state index contributed by atoms with van der Waals surface area (Å²) in [6.07, 6.45) is -3.37. The van der Waals surface area contributed by atoms with Gasteiger partial charge >= 0.3 is 6.18 Å². The maximum Gasteiger partial charge on any atom is 0.421 e. The predicted octanol–water partition coefficient (Wildman–Crippen LogP) is 2.63. The summed E-state index contributed by atoms with van der Waals surface area (Å²) in [7, 11) is 0. The number of hydrogen-bond donors (Lipinski definition) is 0. The fraction of sp³-hybridized carbons (Fsp3) is 0.450. The van der Waals surface area contributed by atoms with Gasteiger partial charge in [0.15, 0.2) is 0 Å². The van der Waals surface area contributed by atoms with Crippen LogP contribution in [0.5, 0.6) is 0 Å². The molecule has 0 spiro atoms. The van der Waals surface area contributed by atoms with Crippen molar-refractivity contribution in [2.24, 2.45) is 0 Å². The van der Waals surface area contributed by atoms with Crippen LogP contribution in [0.2, 0.25) is 0 Å². The van der Waals surface area contributed by atoms with Crippen LogP contribution in [0.15, 0.2) is 35.1 Å². The summed E-state index contributed by atoms with van der Waals surface area (Å²) >= 11 is 0. The van der Waals surface area contributed by atoms with Crippen LogP contribution in [-0.4, -0.2) is 46.8 Å². The molecular weight excluding hydrogens is 404 g/mol. The third-order valence-electron chi connectivity index (χ3n) is 5.40. The number of carbonyl (C=O) groups is 1. The number of carbonyl (C=O) groups excluding carboxylic acids is 1. The molecule has 1 aromatic carbocycles. The highest BCUT2D eigenvalue weighted by atomic mass is 19.4. The Morgan fingerprint density at radius 1 is 1.10 bits per heavy atom. The van der Waals surface area contributed by atoms with Crippen molar-refractivity contribution < 1.29 is 22.4 Å². The maximum absolute atomic E-state index is 13.9. The van der Waals surface area contributed by atoms with Crippen molar-refractivity contribution in [2.75, 3.05) is 31.1 Å². The van der Waals surface area contributed by atoms with E-state index < -0.39 is 29.8 Å². The van der Waals surface area contributed by atoms with Crippen molar-refractivity contribution >= 4 is 11.6 Å². The van der Waals surface area contributed by atoms with Gasteiger partial charge in [-0.05, 0) is 31.0 Å². The van der Waals surface area contributed by atoms with E-state index in [2.05, 4.69) is 5.10 Å². The lowest BCUT2D eigenvalue weighted by Gasteiger charge is -2.36.